The molecule has 0 fully saturated rings. The normalized spacial score (nSPS) is 11.6. The number of rotatable bonds is 5. The maximum absolute atomic E-state index is 13.7. The first-order chi connectivity index (χ1) is 9.96. The number of methoxy groups -OCH3 is 1. The third-order valence-corrected chi connectivity index (χ3v) is 4.95. The molecule has 0 bridgehead atoms. The summed E-state index contributed by atoms with van der Waals surface area (Å²) in [5, 5.41) is 0. The molecule has 2 rings (SSSR count). The van der Waals surface area contributed by atoms with Crippen LogP contribution >= 0.6 is 0 Å². The van der Waals surface area contributed by atoms with E-state index in [-0.39, 0.29) is 11.4 Å². The van der Waals surface area contributed by atoms with Gasteiger partial charge in [-0.25, -0.2) is 12.8 Å². The van der Waals surface area contributed by atoms with Gasteiger partial charge in [0.15, 0.2) is 0 Å². The molecule has 0 aromatic heterocycles. The van der Waals surface area contributed by atoms with Crippen molar-refractivity contribution in [3.63, 3.8) is 0 Å². The summed E-state index contributed by atoms with van der Waals surface area (Å²) < 4.78 is 44.8. The van der Waals surface area contributed by atoms with Gasteiger partial charge in [0.05, 0.1) is 7.11 Å². The highest BCUT2D eigenvalue weighted by molar-refractivity contribution is 7.89. The quantitative estimate of drug-likeness (QED) is 0.853. The zero-order valence-corrected chi connectivity index (χ0v) is 12.6. The number of halogens is 1. The van der Waals surface area contributed by atoms with Crippen LogP contribution in [0.4, 0.5) is 4.39 Å². The summed E-state index contributed by atoms with van der Waals surface area (Å²) in [5.41, 5.74) is 0.711. The molecule has 0 saturated carbocycles. The predicted molar refractivity (Wildman–Crippen MR) is 78.0 cm³/mol. The monoisotopic (exact) mass is 309 g/mol. The lowest BCUT2D eigenvalue weighted by atomic mass is 10.2. The van der Waals surface area contributed by atoms with E-state index >= 15 is 0 Å². The van der Waals surface area contributed by atoms with Crippen LogP contribution in [0.15, 0.2) is 53.4 Å². The van der Waals surface area contributed by atoms with Crippen LogP contribution < -0.4 is 4.74 Å². The van der Waals surface area contributed by atoms with Crippen molar-refractivity contribution in [2.24, 2.45) is 0 Å². The minimum atomic E-state index is -3.89. The van der Waals surface area contributed by atoms with Gasteiger partial charge in [-0.1, -0.05) is 30.3 Å². The van der Waals surface area contributed by atoms with Crippen LogP contribution in [0.25, 0.3) is 0 Å². The molecule has 0 N–H and O–H groups in total. The fourth-order valence-corrected chi connectivity index (χ4v) is 3.19. The molecule has 6 heteroatoms. The molecule has 0 unspecified atom stereocenters. The molecule has 0 radical (unpaired) electrons. The third kappa shape index (κ3) is 3.22. The molecule has 112 valence electrons. The van der Waals surface area contributed by atoms with Gasteiger partial charge < -0.3 is 4.74 Å². The first kappa shape index (κ1) is 15.5. The van der Waals surface area contributed by atoms with Gasteiger partial charge in [-0.3, -0.25) is 0 Å². The van der Waals surface area contributed by atoms with Gasteiger partial charge in [-0.15, -0.1) is 0 Å². The highest BCUT2D eigenvalue weighted by atomic mass is 32.2. The number of sulfonamides is 1. The van der Waals surface area contributed by atoms with E-state index in [4.69, 9.17) is 4.74 Å². The molecule has 0 spiro atoms. The van der Waals surface area contributed by atoms with Gasteiger partial charge in [0.1, 0.15) is 16.5 Å². The first-order valence-electron chi connectivity index (χ1n) is 6.29. The summed E-state index contributed by atoms with van der Waals surface area (Å²) in [6.45, 7) is 0.0979. The minimum Gasteiger partial charge on any atom is -0.496 e. The molecule has 0 saturated heterocycles. The maximum Gasteiger partial charge on any atom is 0.246 e. The smallest absolute Gasteiger partial charge is 0.246 e. The Morgan fingerprint density at radius 3 is 2.38 bits per heavy atom. The Kier molecular flexibility index (Phi) is 4.59. The highest BCUT2D eigenvalue weighted by Gasteiger charge is 2.24. The standard InChI is InChI=1S/C15H16FNO3S/c1-17(11-12-7-3-5-9-14(12)20-2)21(18,19)15-10-6-4-8-13(15)16/h3-10H,11H2,1-2H3. The lowest BCUT2D eigenvalue weighted by Gasteiger charge is -2.19. The second-order valence-electron chi connectivity index (χ2n) is 4.50. The molecular weight excluding hydrogens is 293 g/mol. The van der Waals surface area contributed by atoms with Gasteiger partial charge in [-0.2, -0.15) is 4.31 Å². The highest BCUT2D eigenvalue weighted by Crippen LogP contribution is 2.23. The van der Waals surface area contributed by atoms with E-state index in [0.29, 0.717) is 11.3 Å². The van der Waals surface area contributed by atoms with Crippen LogP contribution in [0.5, 0.6) is 5.75 Å². The molecule has 0 aliphatic carbocycles. The van der Waals surface area contributed by atoms with Gasteiger partial charge in [-0.05, 0) is 18.2 Å². The van der Waals surface area contributed by atoms with Crippen LogP contribution in [0.3, 0.4) is 0 Å². The Balaban J connectivity index is 2.32. The number of benzene rings is 2. The van der Waals surface area contributed by atoms with Crippen molar-refractivity contribution in [2.45, 2.75) is 11.4 Å². The second kappa shape index (κ2) is 6.24. The van der Waals surface area contributed by atoms with Crippen molar-refractivity contribution in [3.8, 4) is 5.75 Å². The largest absolute Gasteiger partial charge is 0.496 e. The van der Waals surface area contributed by atoms with E-state index in [1.54, 1.807) is 24.3 Å². The Morgan fingerprint density at radius 2 is 1.71 bits per heavy atom. The molecule has 21 heavy (non-hydrogen) atoms. The molecule has 2 aromatic carbocycles. The van der Waals surface area contributed by atoms with Crippen LogP contribution in [0.1, 0.15) is 5.56 Å². The van der Waals surface area contributed by atoms with E-state index < -0.39 is 15.8 Å². The molecule has 0 heterocycles. The number of nitrogens with zero attached hydrogens (tertiary/aromatic N) is 1. The summed E-state index contributed by atoms with van der Waals surface area (Å²) in [6.07, 6.45) is 0. The maximum atomic E-state index is 13.7. The SMILES string of the molecule is COc1ccccc1CN(C)S(=O)(=O)c1ccccc1F. The van der Waals surface area contributed by atoms with Crippen LogP contribution in [-0.2, 0) is 16.6 Å². The van der Waals surface area contributed by atoms with Gasteiger partial charge in [0.2, 0.25) is 10.0 Å². The van der Waals surface area contributed by atoms with Crippen LogP contribution in [-0.4, -0.2) is 26.9 Å². The Morgan fingerprint density at radius 1 is 1.10 bits per heavy atom. The van der Waals surface area contributed by atoms with Gasteiger partial charge in [0.25, 0.3) is 0 Å². The Bertz CT molecular complexity index is 731. The minimum absolute atomic E-state index is 0.0979. The molecule has 0 atom stereocenters. The van der Waals surface area contributed by atoms with Crippen molar-refractivity contribution in [1.29, 1.82) is 0 Å². The second-order valence-corrected chi connectivity index (χ2v) is 6.52. The fourth-order valence-electron chi connectivity index (χ4n) is 1.98. The average Bonchev–Trinajstić information content (AvgIpc) is 2.48. The summed E-state index contributed by atoms with van der Waals surface area (Å²) in [5.74, 6) is -0.169. The molecule has 2 aromatic rings. The van der Waals surface area contributed by atoms with E-state index in [9.17, 15) is 12.8 Å². The topological polar surface area (TPSA) is 46.6 Å². The van der Waals surface area contributed by atoms with Crippen LogP contribution in [0.2, 0.25) is 0 Å². The first-order valence-corrected chi connectivity index (χ1v) is 7.73. The van der Waals surface area contributed by atoms with Crippen molar-refractivity contribution < 1.29 is 17.5 Å². The lowest BCUT2D eigenvalue weighted by molar-refractivity contribution is 0.397. The summed E-state index contributed by atoms with van der Waals surface area (Å²) >= 11 is 0. The van der Waals surface area contributed by atoms with E-state index in [0.717, 1.165) is 10.4 Å². The van der Waals surface area contributed by atoms with Gasteiger partial charge in [0, 0.05) is 19.2 Å². The van der Waals surface area contributed by atoms with Crippen molar-refractivity contribution in [3.05, 3.63) is 59.9 Å². The van der Waals surface area contributed by atoms with E-state index in [1.807, 2.05) is 0 Å². The third-order valence-electron chi connectivity index (χ3n) is 3.11. The number of hydrogen-bond donors (Lipinski definition) is 0. The molecule has 0 amide bonds. The molecule has 0 aliphatic heterocycles. The van der Waals surface area contributed by atoms with E-state index in [2.05, 4.69) is 0 Å². The lowest BCUT2D eigenvalue weighted by Crippen LogP contribution is -2.27. The molecular formula is C15H16FNO3S. The van der Waals surface area contributed by atoms with Crippen molar-refractivity contribution in [1.82, 2.24) is 4.31 Å². The van der Waals surface area contributed by atoms with Crippen LogP contribution in [0, 0.1) is 5.82 Å². The fraction of sp³-hybridized carbons (Fsp3) is 0.200. The summed E-state index contributed by atoms with van der Waals surface area (Å²) in [4.78, 5) is -0.331. The molecule has 0 aliphatic rings. The molecule has 4 nitrogen and oxygen atoms in total. The van der Waals surface area contributed by atoms with Crippen molar-refractivity contribution in [2.75, 3.05) is 14.2 Å². The summed E-state index contributed by atoms with van der Waals surface area (Å²) in [6, 6.07) is 12.4. The zero-order valence-electron chi connectivity index (χ0n) is 11.8. The predicted octanol–water partition coefficient (Wildman–Crippen LogP) is 2.66. The Hall–Kier alpha value is -1.92. The van der Waals surface area contributed by atoms with E-state index in [1.165, 1.54) is 32.4 Å². The number of ether oxygens (including phenoxy) is 1. The average molecular weight is 309 g/mol. The van der Waals surface area contributed by atoms with Crippen molar-refractivity contribution >= 4 is 10.0 Å². The zero-order chi connectivity index (χ0) is 15.5. The summed E-state index contributed by atoms with van der Waals surface area (Å²) in [7, 11) is -0.961. The Labute approximate surface area is 123 Å². The number of para-hydroxylation sites is 1. The number of hydrogen-bond acceptors (Lipinski definition) is 3. The van der Waals surface area contributed by atoms with Gasteiger partial charge >= 0.3 is 0 Å².